The Bertz CT molecular complexity index is 596. The standard InChI is InChI=1S/C18H25NOS/c1-6-20-14-7-9-16(13(2)11-14)19-12-15-8-10-17(21-15)18(3,4)5/h7-11,19H,6,12H2,1-5H3. The predicted molar refractivity (Wildman–Crippen MR) is 92.7 cm³/mol. The van der Waals surface area contributed by atoms with Crippen molar-refractivity contribution in [3.05, 3.63) is 45.6 Å². The van der Waals surface area contributed by atoms with Crippen LogP contribution < -0.4 is 10.1 Å². The molecule has 2 aromatic rings. The molecule has 0 radical (unpaired) electrons. The van der Waals surface area contributed by atoms with Crippen molar-refractivity contribution in [1.82, 2.24) is 0 Å². The maximum Gasteiger partial charge on any atom is 0.119 e. The topological polar surface area (TPSA) is 21.3 Å². The molecule has 1 N–H and O–H groups in total. The Morgan fingerprint density at radius 2 is 1.90 bits per heavy atom. The molecule has 2 nitrogen and oxygen atoms in total. The zero-order valence-electron chi connectivity index (χ0n) is 13.6. The first-order valence-electron chi connectivity index (χ1n) is 7.46. The summed E-state index contributed by atoms with van der Waals surface area (Å²) in [5.74, 6) is 0.937. The summed E-state index contributed by atoms with van der Waals surface area (Å²) in [6.45, 7) is 12.5. The zero-order valence-corrected chi connectivity index (χ0v) is 14.4. The quantitative estimate of drug-likeness (QED) is 0.802. The lowest BCUT2D eigenvalue weighted by molar-refractivity contribution is 0.340. The molecule has 0 bridgehead atoms. The van der Waals surface area contributed by atoms with Crippen molar-refractivity contribution in [1.29, 1.82) is 0 Å². The maximum absolute atomic E-state index is 5.52. The van der Waals surface area contributed by atoms with Crippen LogP contribution in [0.25, 0.3) is 0 Å². The van der Waals surface area contributed by atoms with E-state index < -0.39 is 0 Å². The summed E-state index contributed by atoms with van der Waals surface area (Å²) in [4.78, 5) is 2.80. The molecule has 0 saturated heterocycles. The van der Waals surface area contributed by atoms with Crippen molar-refractivity contribution in [2.24, 2.45) is 0 Å². The van der Waals surface area contributed by atoms with Crippen LogP contribution in [-0.2, 0) is 12.0 Å². The molecule has 3 heteroatoms. The van der Waals surface area contributed by atoms with Crippen LogP contribution in [0.15, 0.2) is 30.3 Å². The average Bonchev–Trinajstić information content (AvgIpc) is 2.87. The van der Waals surface area contributed by atoms with E-state index in [0.717, 1.165) is 12.3 Å². The van der Waals surface area contributed by atoms with Crippen LogP contribution in [0.1, 0.15) is 43.0 Å². The minimum Gasteiger partial charge on any atom is -0.494 e. The molecule has 114 valence electrons. The number of hydrogen-bond donors (Lipinski definition) is 1. The Kier molecular flexibility index (Phi) is 4.94. The predicted octanol–water partition coefficient (Wildman–Crippen LogP) is 5.36. The molecule has 0 aliphatic rings. The lowest BCUT2D eigenvalue weighted by atomic mass is 9.95. The number of nitrogens with one attached hydrogen (secondary N) is 1. The number of hydrogen-bond acceptors (Lipinski definition) is 3. The fraction of sp³-hybridized carbons (Fsp3) is 0.444. The van der Waals surface area contributed by atoms with Crippen molar-refractivity contribution in [3.8, 4) is 5.75 Å². The van der Waals surface area contributed by atoms with Crippen LogP contribution in [0.3, 0.4) is 0 Å². The molecule has 0 unspecified atom stereocenters. The van der Waals surface area contributed by atoms with Gasteiger partial charge in [0.25, 0.3) is 0 Å². The van der Waals surface area contributed by atoms with Gasteiger partial charge < -0.3 is 10.1 Å². The highest BCUT2D eigenvalue weighted by atomic mass is 32.1. The molecule has 0 spiro atoms. The highest BCUT2D eigenvalue weighted by Crippen LogP contribution is 2.30. The van der Waals surface area contributed by atoms with E-state index in [9.17, 15) is 0 Å². The molecular weight excluding hydrogens is 278 g/mol. The van der Waals surface area contributed by atoms with Crippen molar-refractivity contribution in [3.63, 3.8) is 0 Å². The molecule has 0 amide bonds. The molecule has 1 aromatic heterocycles. The molecule has 1 heterocycles. The lowest BCUT2D eigenvalue weighted by Gasteiger charge is -2.15. The van der Waals surface area contributed by atoms with Crippen molar-refractivity contribution in [2.45, 2.75) is 46.6 Å². The van der Waals surface area contributed by atoms with E-state index >= 15 is 0 Å². The number of thiophene rings is 1. The molecule has 0 aliphatic carbocycles. The van der Waals surface area contributed by atoms with E-state index in [1.807, 2.05) is 24.3 Å². The second-order valence-corrected chi connectivity index (χ2v) is 7.45. The molecule has 0 atom stereocenters. The van der Waals surface area contributed by atoms with E-state index in [0.29, 0.717) is 6.61 Å². The molecule has 0 fully saturated rings. The molecule has 2 rings (SSSR count). The van der Waals surface area contributed by atoms with Gasteiger partial charge in [-0.05, 0) is 55.2 Å². The van der Waals surface area contributed by atoms with Gasteiger partial charge in [-0.15, -0.1) is 11.3 Å². The van der Waals surface area contributed by atoms with Crippen LogP contribution in [-0.4, -0.2) is 6.61 Å². The van der Waals surface area contributed by atoms with Gasteiger partial charge in [0.05, 0.1) is 6.61 Å². The number of aryl methyl sites for hydroxylation is 1. The Balaban J connectivity index is 2.01. The zero-order chi connectivity index (χ0) is 15.5. The summed E-state index contributed by atoms with van der Waals surface area (Å²) in [6, 6.07) is 10.7. The van der Waals surface area contributed by atoms with Crippen LogP contribution in [0.2, 0.25) is 0 Å². The number of anilines is 1. The summed E-state index contributed by atoms with van der Waals surface area (Å²) in [5, 5.41) is 3.52. The van der Waals surface area contributed by atoms with Crippen molar-refractivity contribution in [2.75, 3.05) is 11.9 Å². The largest absolute Gasteiger partial charge is 0.494 e. The first-order chi connectivity index (χ1) is 9.90. The first-order valence-corrected chi connectivity index (χ1v) is 8.28. The normalized spacial score (nSPS) is 11.5. The Morgan fingerprint density at radius 3 is 2.48 bits per heavy atom. The van der Waals surface area contributed by atoms with Crippen molar-refractivity contribution < 1.29 is 4.74 Å². The van der Waals surface area contributed by atoms with Gasteiger partial charge in [-0.1, -0.05) is 20.8 Å². The van der Waals surface area contributed by atoms with Crippen LogP contribution >= 0.6 is 11.3 Å². The lowest BCUT2D eigenvalue weighted by Crippen LogP contribution is -2.07. The summed E-state index contributed by atoms with van der Waals surface area (Å²) in [6.07, 6.45) is 0. The smallest absolute Gasteiger partial charge is 0.119 e. The minimum absolute atomic E-state index is 0.234. The van der Waals surface area contributed by atoms with Gasteiger partial charge in [0.2, 0.25) is 0 Å². The number of benzene rings is 1. The van der Waals surface area contributed by atoms with Crippen LogP contribution in [0.4, 0.5) is 5.69 Å². The van der Waals surface area contributed by atoms with E-state index in [1.165, 1.54) is 21.0 Å². The number of rotatable bonds is 5. The number of ether oxygens (including phenoxy) is 1. The van der Waals surface area contributed by atoms with Gasteiger partial charge in [0, 0.05) is 22.0 Å². The molecule has 21 heavy (non-hydrogen) atoms. The monoisotopic (exact) mass is 303 g/mol. The van der Waals surface area contributed by atoms with Crippen molar-refractivity contribution >= 4 is 17.0 Å². The fourth-order valence-electron chi connectivity index (χ4n) is 2.15. The molecule has 0 saturated carbocycles. The summed E-state index contributed by atoms with van der Waals surface area (Å²) >= 11 is 1.89. The summed E-state index contributed by atoms with van der Waals surface area (Å²) in [5.41, 5.74) is 2.62. The van der Waals surface area contributed by atoms with E-state index in [2.05, 4.69) is 57.3 Å². The summed E-state index contributed by atoms with van der Waals surface area (Å²) in [7, 11) is 0. The highest BCUT2D eigenvalue weighted by Gasteiger charge is 2.15. The van der Waals surface area contributed by atoms with E-state index in [1.54, 1.807) is 0 Å². The van der Waals surface area contributed by atoms with Gasteiger partial charge in [0.15, 0.2) is 0 Å². The van der Waals surface area contributed by atoms with E-state index in [4.69, 9.17) is 4.74 Å². The van der Waals surface area contributed by atoms with Gasteiger partial charge >= 0.3 is 0 Å². The fourth-order valence-corrected chi connectivity index (χ4v) is 3.15. The third-order valence-electron chi connectivity index (χ3n) is 3.36. The Morgan fingerprint density at radius 1 is 1.14 bits per heavy atom. The van der Waals surface area contributed by atoms with E-state index in [-0.39, 0.29) is 5.41 Å². The molecular formula is C18H25NOS. The van der Waals surface area contributed by atoms with Gasteiger partial charge in [-0.3, -0.25) is 0 Å². The SMILES string of the molecule is CCOc1ccc(NCc2ccc(C(C)(C)C)s2)c(C)c1. The van der Waals surface area contributed by atoms with Gasteiger partial charge in [-0.2, -0.15) is 0 Å². The maximum atomic E-state index is 5.52. The molecule has 0 aliphatic heterocycles. The average molecular weight is 303 g/mol. The third kappa shape index (κ3) is 4.24. The Labute approximate surface area is 132 Å². The summed E-state index contributed by atoms with van der Waals surface area (Å²) < 4.78 is 5.52. The molecule has 1 aromatic carbocycles. The second kappa shape index (κ2) is 6.52. The van der Waals surface area contributed by atoms with Gasteiger partial charge in [0.1, 0.15) is 5.75 Å². The minimum atomic E-state index is 0.234. The van der Waals surface area contributed by atoms with Crippen LogP contribution in [0.5, 0.6) is 5.75 Å². The second-order valence-electron chi connectivity index (χ2n) is 6.28. The van der Waals surface area contributed by atoms with Gasteiger partial charge in [-0.25, -0.2) is 0 Å². The third-order valence-corrected chi connectivity index (χ3v) is 4.87. The Hall–Kier alpha value is -1.48. The highest BCUT2D eigenvalue weighted by molar-refractivity contribution is 7.12. The first kappa shape index (κ1) is 15.9. The van der Waals surface area contributed by atoms with Crippen LogP contribution in [0, 0.1) is 6.92 Å².